The highest BCUT2D eigenvalue weighted by Crippen LogP contribution is 2.30. The van der Waals surface area contributed by atoms with Crippen LogP contribution in [-0.4, -0.2) is 22.2 Å². The van der Waals surface area contributed by atoms with Crippen molar-refractivity contribution in [1.29, 1.82) is 0 Å². The lowest BCUT2D eigenvalue weighted by molar-refractivity contribution is 0.143. The number of carbonyl (C=O) groups excluding carboxylic acids is 1. The number of aliphatic hydroxyl groups is 1. The summed E-state index contributed by atoms with van der Waals surface area (Å²) in [6.07, 6.45) is 2.81. The maximum absolute atomic E-state index is 12.0. The van der Waals surface area contributed by atoms with Crippen LogP contribution in [0.2, 0.25) is 0 Å². The molecule has 0 aliphatic heterocycles. The van der Waals surface area contributed by atoms with E-state index in [0.29, 0.717) is 13.0 Å². The van der Waals surface area contributed by atoms with Crippen LogP contribution in [0.3, 0.4) is 0 Å². The SMILES string of the molecule is CCc1cnc(CNC(=O)N[C@@H]2Cc3ccccc3[C@H]2O)s1. The van der Waals surface area contributed by atoms with Gasteiger partial charge in [-0.05, 0) is 24.0 Å². The second kappa shape index (κ2) is 6.46. The zero-order valence-corrected chi connectivity index (χ0v) is 13.2. The number of hydrogen-bond donors (Lipinski definition) is 3. The first-order valence-electron chi connectivity index (χ1n) is 7.41. The molecule has 2 amide bonds. The van der Waals surface area contributed by atoms with Gasteiger partial charge in [0, 0.05) is 11.1 Å². The van der Waals surface area contributed by atoms with Crippen LogP contribution in [0.25, 0.3) is 0 Å². The van der Waals surface area contributed by atoms with E-state index in [4.69, 9.17) is 0 Å². The molecule has 0 radical (unpaired) electrons. The van der Waals surface area contributed by atoms with Gasteiger partial charge in [-0.25, -0.2) is 9.78 Å². The van der Waals surface area contributed by atoms with E-state index in [1.165, 1.54) is 4.88 Å². The van der Waals surface area contributed by atoms with Crippen molar-refractivity contribution in [2.75, 3.05) is 0 Å². The molecule has 0 bridgehead atoms. The molecule has 6 heteroatoms. The number of rotatable bonds is 4. The third kappa shape index (κ3) is 3.13. The van der Waals surface area contributed by atoms with Crippen LogP contribution in [0.15, 0.2) is 30.5 Å². The second-order valence-corrected chi connectivity index (χ2v) is 6.55. The molecule has 0 fully saturated rings. The number of hydrogen-bond acceptors (Lipinski definition) is 4. The third-order valence-corrected chi connectivity index (χ3v) is 5.00. The Bertz CT molecular complexity index is 671. The second-order valence-electron chi connectivity index (χ2n) is 5.36. The number of fused-ring (bicyclic) bond motifs is 1. The first-order valence-corrected chi connectivity index (χ1v) is 8.23. The third-order valence-electron chi connectivity index (χ3n) is 3.86. The molecule has 1 aromatic heterocycles. The van der Waals surface area contributed by atoms with Crippen LogP contribution in [0, 0.1) is 0 Å². The van der Waals surface area contributed by atoms with E-state index in [1.54, 1.807) is 11.3 Å². The van der Waals surface area contributed by atoms with Gasteiger partial charge in [-0.3, -0.25) is 0 Å². The summed E-state index contributed by atoms with van der Waals surface area (Å²) in [6, 6.07) is 7.19. The molecule has 5 nitrogen and oxygen atoms in total. The van der Waals surface area contributed by atoms with Gasteiger partial charge in [-0.15, -0.1) is 11.3 Å². The number of carbonyl (C=O) groups is 1. The minimum atomic E-state index is -0.645. The van der Waals surface area contributed by atoms with E-state index < -0.39 is 6.10 Å². The number of thiazole rings is 1. The van der Waals surface area contributed by atoms with Crippen molar-refractivity contribution in [3.8, 4) is 0 Å². The van der Waals surface area contributed by atoms with Crippen molar-refractivity contribution in [3.63, 3.8) is 0 Å². The van der Waals surface area contributed by atoms with Gasteiger partial charge in [-0.2, -0.15) is 0 Å². The highest BCUT2D eigenvalue weighted by molar-refractivity contribution is 7.11. The molecule has 0 saturated carbocycles. The zero-order chi connectivity index (χ0) is 15.5. The molecule has 0 spiro atoms. The summed E-state index contributed by atoms with van der Waals surface area (Å²) in [6.45, 7) is 2.49. The average Bonchev–Trinajstić information content (AvgIpc) is 3.11. The Morgan fingerprint density at radius 1 is 1.45 bits per heavy atom. The van der Waals surface area contributed by atoms with Gasteiger partial charge < -0.3 is 15.7 Å². The minimum absolute atomic E-state index is 0.273. The van der Waals surface area contributed by atoms with Crippen molar-refractivity contribution in [2.45, 2.75) is 38.5 Å². The van der Waals surface area contributed by atoms with Crippen LogP contribution in [0.1, 0.15) is 34.0 Å². The van der Waals surface area contributed by atoms with Gasteiger partial charge in [-0.1, -0.05) is 31.2 Å². The maximum atomic E-state index is 12.0. The van der Waals surface area contributed by atoms with Crippen LogP contribution >= 0.6 is 11.3 Å². The Kier molecular flexibility index (Phi) is 4.40. The molecule has 3 rings (SSSR count). The summed E-state index contributed by atoms with van der Waals surface area (Å²) in [5.74, 6) is 0. The number of urea groups is 1. The van der Waals surface area contributed by atoms with Gasteiger partial charge in [0.2, 0.25) is 0 Å². The average molecular weight is 317 g/mol. The highest BCUT2D eigenvalue weighted by Gasteiger charge is 2.31. The summed E-state index contributed by atoms with van der Waals surface area (Å²) >= 11 is 1.60. The Morgan fingerprint density at radius 3 is 3.00 bits per heavy atom. The lowest BCUT2D eigenvalue weighted by Gasteiger charge is -2.17. The van der Waals surface area contributed by atoms with Crippen molar-refractivity contribution in [3.05, 3.63) is 51.5 Å². The molecule has 1 heterocycles. The summed E-state index contributed by atoms with van der Waals surface area (Å²) in [5.41, 5.74) is 1.99. The number of aromatic nitrogens is 1. The normalized spacial score (nSPS) is 19.7. The first kappa shape index (κ1) is 15.0. The fourth-order valence-corrected chi connectivity index (χ4v) is 3.47. The quantitative estimate of drug-likeness (QED) is 0.809. The van der Waals surface area contributed by atoms with Crippen molar-refractivity contribution in [2.24, 2.45) is 0 Å². The number of nitrogens with zero attached hydrogens (tertiary/aromatic N) is 1. The summed E-state index contributed by atoms with van der Waals surface area (Å²) in [4.78, 5) is 17.5. The van der Waals surface area contributed by atoms with Gasteiger partial charge in [0.1, 0.15) is 5.01 Å². The summed E-state index contributed by atoms with van der Waals surface area (Å²) < 4.78 is 0. The number of benzene rings is 1. The molecule has 3 N–H and O–H groups in total. The van der Waals surface area contributed by atoms with Crippen molar-refractivity contribution < 1.29 is 9.90 Å². The molecule has 0 saturated heterocycles. The minimum Gasteiger partial charge on any atom is -0.386 e. The van der Waals surface area contributed by atoms with E-state index in [0.717, 1.165) is 22.6 Å². The Labute approximate surface area is 133 Å². The standard InChI is InChI=1S/C16H19N3O2S/c1-2-11-8-17-14(22-11)9-18-16(21)19-13-7-10-5-3-4-6-12(10)15(13)20/h3-6,8,13,15,20H,2,7,9H2,1H3,(H2,18,19,21)/t13-,15-/m1/s1. The lowest BCUT2D eigenvalue weighted by Crippen LogP contribution is -2.43. The smallest absolute Gasteiger partial charge is 0.315 e. The van der Waals surface area contributed by atoms with Crippen molar-refractivity contribution >= 4 is 17.4 Å². The van der Waals surface area contributed by atoms with Gasteiger partial charge in [0.05, 0.1) is 18.7 Å². The Hall–Kier alpha value is -1.92. The topological polar surface area (TPSA) is 74.2 Å². The van der Waals surface area contributed by atoms with E-state index in [2.05, 4.69) is 22.5 Å². The van der Waals surface area contributed by atoms with Crippen molar-refractivity contribution in [1.82, 2.24) is 15.6 Å². The van der Waals surface area contributed by atoms with Gasteiger partial charge in [0.15, 0.2) is 0 Å². The highest BCUT2D eigenvalue weighted by atomic mass is 32.1. The molecule has 0 unspecified atom stereocenters. The number of amides is 2. The molecule has 1 aliphatic rings. The van der Waals surface area contributed by atoms with Gasteiger partial charge >= 0.3 is 6.03 Å². The Balaban J connectivity index is 1.52. The Morgan fingerprint density at radius 2 is 2.27 bits per heavy atom. The molecule has 1 aromatic carbocycles. The number of aryl methyl sites for hydroxylation is 1. The first-order chi connectivity index (χ1) is 10.7. The molecule has 22 heavy (non-hydrogen) atoms. The van der Waals surface area contributed by atoms with E-state index in [9.17, 15) is 9.90 Å². The molecule has 116 valence electrons. The molecular formula is C16H19N3O2S. The van der Waals surface area contributed by atoms with Crippen LogP contribution in [0.4, 0.5) is 4.79 Å². The summed E-state index contributed by atoms with van der Waals surface area (Å²) in [5, 5.41) is 16.8. The van der Waals surface area contributed by atoms with Crippen LogP contribution in [-0.2, 0) is 19.4 Å². The molecule has 2 atom stereocenters. The molecule has 1 aliphatic carbocycles. The maximum Gasteiger partial charge on any atom is 0.315 e. The predicted octanol–water partition coefficient (Wildman–Crippen LogP) is 2.16. The zero-order valence-electron chi connectivity index (χ0n) is 12.4. The number of nitrogens with one attached hydrogen (secondary N) is 2. The van der Waals surface area contributed by atoms with E-state index in [-0.39, 0.29) is 12.1 Å². The van der Waals surface area contributed by atoms with Crippen LogP contribution < -0.4 is 10.6 Å². The molecular weight excluding hydrogens is 298 g/mol. The van der Waals surface area contributed by atoms with Crippen LogP contribution in [0.5, 0.6) is 0 Å². The fraction of sp³-hybridized carbons (Fsp3) is 0.375. The van der Waals surface area contributed by atoms with E-state index in [1.807, 2.05) is 30.5 Å². The summed E-state index contributed by atoms with van der Waals surface area (Å²) in [7, 11) is 0. The lowest BCUT2D eigenvalue weighted by atomic mass is 10.1. The predicted molar refractivity (Wildman–Crippen MR) is 85.8 cm³/mol. The fourth-order valence-electron chi connectivity index (χ4n) is 2.67. The molecule has 2 aromatic rings. The number of aliphatic hydroxyl groups excluding tert-OH is 1. The van der Waals surface area contributed by atoms with E-state index >= 15 is 0 Å². The monoisotopic (exact) mass is 317 g/mol. The van der Waals surface area contributed by atoms with Gasteiger partial charge in [0.25, 0.3) is 0 Å². The largest absolute Gasteiger partial charge is 0.386 e.